The SMILES string of the molecule is COc1cc(C2C(C(=O)c3ccccc3)=C(C)Nc3nc4ccccc4n32)c([N+](=O)[O-])cc1OC. The van der Waals surface area contributed by atoms with Crippen LogP contribution in [0.4, 0.5) is 11.6 Å². The number of benzene rings is 3. The van der Waals surface area contributed by atoms with Gasteiger partial charge in [0.15, 0.2) is 17.3 Å². The number of carbonyl (C=O) groups excluding carboxylic acids is 1. The van der Waals surface area contributed by atoms with Gasteiger partial charge in [0.05, 0.1) is 47.8 Å². The summed E-state index contributed by atoms with van der Waals surface area (Å²) >= 11 is 0. The van der Waals surface area contributed by atoms with Crippen LogP contribution in [0, 0.1) is 10.1 Å². The van der Waals surface area contributed by atoms with Crippen molar-refractivity contribution < 1.29 is 19.2 Å². The topological polar surface area (TPSA) is 109 Å². The highest BCUT2D eigenvalue weighted by molar-refractivity contribution is 6.11. The van der Waals surface area contributed by atoms with E-state index in [0.29, 0.717) is 34.0 Å². The van der Waals surface area contributed by atoms with Crippen LogP contribution in [0.3, 0.4) is 0 Å². The fraction of sp³-hybridized carbons (Fsp3) is 0.154. The molecule has 2 heterocycles. The maximum atomic E-state index is 13.9. The third-order valence-corrected chi connectivity index (χ3v) is 6.14. The van der Waals surface area contributed by atoms with E-state index in [1.54, 1.807) is 37.3 Å². The molecule has 0 radical (unpaired) electrons. The Hall–Kier alpha value is -4.66. The molecule has 5 rings (SSSR count). The lowest BCUT2D eigenvalue weighted by Gasteiger charge is -2.30. The number of aromatic nitrogens is 2. The van der Waals surface area contributed by atoms with Gasteiger partial charge >= 0.3 is 0 Å². The fourth-order valence-electron chi connectivity index (χ4n) is 4.56. The quantitative estimate of drug-likeness (QED) is 0.236. The number of nitro benzene ring substituents is 1. The van der Waals surface area contributed by atoms with Crippen LogP contribution in [0.1, 0.15) is 28.9 Å². The Labute approximate surface area is 200 Å². The number of imidazole rings is 1. The van der Waals surface area contributed by atoms with Crippen molar-refractivity contribution in [1.29, 1.82) is 0 Å². The van der Waals surface area contributed by atoms with Gasteiger partial charge in [-0.25, -0.2) is 4.98 Å². The van der Waals surface area contributed by atoms with Crippen LogP contribution >= 0.6 is 0 Å². The number of nitrogens with one attached hydrogen (secondary N) is 1. The van der Waals surface area contributed by atoms with Crippen molar-refractivity contribution >= 4 is 28.5 Å². The van der Waals surface area contributed by atoms with Gasteiger partial charge in [-0.1, -0.05) is 42.5 Å². The molecule has 35 heavy (non-hydrogen) atoms. The zero-order chi connectivity index (χ0) is 24.7. The number of Topliss-reactive ketones (excluding diaryl/α,β-unsaturated/α-hetero) is 1. The summed E-state index contributed by atoms with van der Waals surface area (Å²) in [6.45, 7) is 1.78. The molecular formula is C26H22N4O5. The van der Waals surface area contributed by atoms with Gasteiger partial charge < -0.3 is 14.8 Å². The number of ether oxygens (including phenoxy) is 2. The van der Waals surface area contributed by atoms with Crippen molar-refractivity contribution in [1.82, 2.24) is 9.55 Å². The standard InChI is InChI=1S/C26H22N4O5/c1-15-23(25(31)16-9-5-4-6-10-16)24(29-19-12-8-7-11-18(19)28-26(29)27-15)17-13-21(34-2)22(35-3)14-20(17)30(32)33/h4-14,24H,1-3H3,(H,27,28). The highest BCUT2D eigenvalue weighted by Crippen LogP contribution is 2.46. The van der Waals surface area contributed by atoms with E-state index in [-0.39, 0.29) is 22.8 Å². The second-order valence-corrected chi connectivity index (χ2v) is 8.08. The van der Waals surface area contributed by atoms with E-state index in [9.17, 15) is 14.9 Å². The minimum atomic E-state index is -0.841. The molecule has 0 bridgehead atoms. The first-order valence-electron chi connectivity index (χ1n) is 10.9. The van der Waals surface area contributed by atoms with Gasteiger partial charge in [-0.15, -0.1) is 0 Å². The van der Waals surface area contributed by atoms with Gasteiger partial charge in [-0.05, 0) is 25.1 Å². The van der Waals surface area contributed by atoms with E-state index < -0.39 is 11.0 Å². The Morgan fingerprint density at radius 3 is 2.37 bits per heavy atom. The lowest BCUT2D eigenvalue weighted by molar-refractivity contribution is -0.385. The Morgan fingerprint density at radius 2 is 1.69 bits per heavy atom. The van der Waals surface area contributed by atoms with Gasteiger partial charge in [0, 0.05) is 16.8 Å². The predicted octanol–water partition coefficient (Wildman–Crippen LogP) is 5.13. The van der Waals surface area contributed by atoms with Gasteiger partial charge in [0.25, 0.3) is 5.69 Å². The first-order valence-corrected chi connectivity index (χ1v) is 10.9. The number of ketones is 1. The summed E-state index contributed by atoms with van der Waals surface area (Å²) in [4.78, 5) is 30.3. The van der Waals surface area contributed by atoms with Crippen LogP contribution in [-0.4, -0.2) is 34.5 Å². The molecule has 9 heteroatoms. The summed E-state index contributed by atoms with van der Waals surface area (Å²) in [5.41, 5.74) is 2.95. The second kappa shape index (κ2) is 8.60. The number of allylic oxidation sites excluding steroid dienone is 2. The van der Waals surface area contributed by atoms with Crippen molar-refractivity contribution in [3.8, 4) is 11.5 Å². The summed E-state index contributed by atoms with van der Waals surface area (Å²) in [7, 11) is 2.88. The number of anilines is 1. The van der Waals surface area contributed by atoms with Crippen molar-refractivity contribution in [3.05, 3.63) is 99.2 Å². The lowest BCUT2D eigenvalue weighted by atomic mass is 9.88. The van der Waals surface area contributed by atoms with Gasteiger partial charge in [0.2, 0.25) is 5.95 Å². The molecule has 0 saturated heterocycles. The minimum absolute atomic E-state index is 0.190. The van der Waals surface area contributed by atoms with E-state index in [1.165, 1.54) is 20.3 Å². The number of para-hydroxylation sites is 2. The van der Waals surface area contributed by atoms with Crippen LogP contribution in [-0.2, 0) is 0 Å². The van der Waals surface area contributed by atoms with Crippen molar-refractivity contribution in [2.75, 3.05) is 19.5 Å². The van der Waals surface area contributed by atoms with Gasteiger partial charge in [-0.2, -0.15) is 0 Å². The summed E-state index contributed by atoms with van der Waals surface area (Å²) in [5.74, 6) is 0.793. The Bertz CT molecular complexity index is 1510. The van der Waals surface area contributed by atoms with Crippen molar-refractivity contribution in [2.45, 2.75) is 13.0 Å². The molecule has 0 saturated carbocycles. The maximum Gasteiger partial charge on any atom is 0.279 e. The normalized spacial score (nSPS) is 14.9. The Kier molecular flexibility index (Phi) is 5.44. The number of rotatable bonds is 6. The molecule has 1 aromatic heterocycles. The molecule has 0 spiro atoms. The molecule has 0 aliphatic carbocycles. The minimum Gasteiger partial charge on any atom is -0.493 e. The average molecular weight is 470 g/mol. The number of hydrogen-bond donors (Lipinski definition) is 1. The molecule has 0 fully saturated rings. The molecule has 1 aliphatic heterocycles. The highest BCUT2D eigenvalue weighted by atomic mass is 16.6. The smallest absolute Gasteiger partial charge is 0.279 e. The Balaban J connectivity index is 1.85. The third-order valence-electron chi connectivity index (χ3n) is 6.14. The molecule has 0 amide bonds. The number of carbonyl (C=O) groups is 1. The van der Waals surface area contributed by atoms with Gasteiger partial charge in [-0.3, -0.25) is 19.5 Å². The van der Waals surface area contributed by atoms with Crippen LogP contribution in [0.15, 0.2) is 78.0 Å². The average Bonchev–Trinajstić information content (AvgIpc) is 3.24. The van der Waals surface area contributed by atoms with Crippen LogP contribution in [0.25, 0.3) is 11.0 Å². The molecule has 4 aromatic rings. The van der Waals surface area contributed by atoms with Crippen LogP contribution in [0.5, 0.6) is 11.5 Å². The van der Waals surface area contributed by atoms with E-state index in [0.717, 1.165) is 5.52 Å². The molecular weight excluding hydrogens is 448 g/mol. The van der Waals surface area contributed by atoms with Gasteiger partial charge in [0.1, 0.15) is 0 Å². The van der Waals surface area contributed by atoms with E-state index in [4.69, 9.17) is 9.47 Å². The second-order valence-electron chi connectivity index (χ2n) is 8.08. The van der Waals surface area contributed by atoms with E-state index >= 15 is 0 Å². The first-order chi connectivity index (χ1) is 16.9. The molecule has 1 atom stereocenters. The predicted molar refractivity (Wildman–Crippen MR) is 131 cm³/mol. The summed E-state index contributed by atoms with van der Waals surface area (Å²) in [6, 6.07) is 18.4. The highest BCUT2D eigenvalue weighted by Gasteiger charge is 2.38. The number of hydrogen-bond acceptors (Lipinski definition) is 7. The third kappa shape index (κ3) is 3.57. The number of nitro groups is 1. The summed E-state index contributed by atoms with van der Waals surface area (Å²) in [5, 5.41) is 15.5. The number of methoxy groups -OCH3 is 2. The monoisotopic (exact) mass is 470 g/mol. The van der Waals surface area contributed by atoms with E-state index in [1.807, 2.05) is 34.9 Å². The number of fused-ring (bicyclic) bond motifs is 3. The molecule has 176 valence electrons. The summed E-state index contributed by atoms with van der Waals surface area (Å²) in [6.07, 6.45) is 0. The first kappa shape index (κ1) is 22.1. The molecule has 1 aliphatic rings. The molecule has 3 aromatic carbocycles. The van der Waals surface area contributed by atoms with Crippen molar-refractivity contribution in [3.63, 3.8) is 0 Å². The fourth-order valence-corrected chi connectivity index (χ4v) is 4.56. The molecule has 9 nitrogen and oxygen atoms in total. The van der Waals surface area contributed by atoms with E-state index in [2.05, 4.69) is 10.3 Å². The van der Waals surface area contributed by atoms with Crippen LogP contribution < -0.4 is 14.8 Å². The Morgan fingerprint density at radius 1 is 1.03 bits per heavy atom. The molecule has 1 unspecified atom stereocenters. The van der Waals surface area contributed by atoms with Crippen molar-refractivity contribution in [2.24, 2.45) is 0 Å². The number of nitrogens with zero attached hydrogens (tertiary/aromatic N) is 3. The van der Waals surface area contributed by atoms with Crippen LogP contribution in [0.2, 0.25) is 0 Å². The zero-order valence-corrected chi connectivity index (χ0v) is 19.3. The maximum absolute atomic E-state index is 13.9. The lowest BCUT2D eigenvalue weighted by Crippen LogP contribution is -2.28. The largest absolute Gasteiger partial charge is 0.493 e. The molecule has 1 N–H and O–H groups in total. The summed E-state index contributed by atoms with van der Waals surface area (Å²) < 4.78 is 12.6. The zero-order valence-electron chi connectivity index (χ0n) is 19.3.